The molecule has 138 valence electrons. The summed E-state index contributed by atoms with van der Waals surface area (Å²) < 4.78 is 53.1. The summed E-state index contributed by atoms with van der Waals surface area (Å²) in [7, 11) is 0.778. The largest absolute Gasteiger partial charge is 0.478 e. The first-order chi connectivity index (χ1) is 11.9. The summed E-state index contributed by atoms with van der Waals surface area (Å²) in [4.78, 5) is 34.8. The SMILES string of the molecule is Cn1c(C(F)(F)F)cc(=O)n(-c2cc(C=CC(=O)O)c(Cl)cc2F)c1=O. The van der Waals surface area contributed by atoms with Crippen LogP contribution in [0.2, 0.25) is 5.02 Å². The van der Waals surface area contributed by atoms with Crippen molar-refractivity contribution >= 4 is 23.6 Å². The maximum atomic E-state index is 14.2. The second-order valence-electron chi connectivity index (χ2n) is 5.04. The van der Waals surface area contributed by atoms with E-state index in [4.69, 9.17) is 16.7 Å². The van der Waals surface area contributed by atoms with E-state index in [-0.39, 0.29) is 25.8 Å². The first-order valence-electron chi connectivity index (χ1n) is 6.74. The second kappa shape index (κ2) is 6.79. The average molecular weight is 393 g/mol. The third kappa shape index (κ3) is 3.69. The molecule has 2 rings (SSSR count). The fourth-order valence-corrected chi connectivity index (χ4v) is 2.35. The Hall–Kier alpha value is -2.88. The minimum absolute atomic E-state index is 0.0562. The number of rotatable bonds is 3. The number of nitrogens with zero attached hydrogens (tertiary/aromatic N) is 2. The number of aromatic nitrogens is 2. The van der Waals surface area contributed by atoms with Crippen LogP contribution in [0, 0.1) is 5.82 Å². The van der Waals surface area contributed by atoms with Gasteiger partial charge in [-0.1, -0.05) is 11.6 Å². The van der Waals surface area contributed by atoms with E-state index in [2.05, 4.69) is 0 Å². The number of alkyl halides is 3. The normalized spacial score (nSPS) is 11.9. The smallest absolute Gasteiger partial charge is 0.431 e. The predicted molar refractivity (Wildman–Crippen MR) is 83.9 cm³/mol. The van der Waals surface area contributed by atoms with Crippen LogP contribution in [0.5, 0.6) is 0 Å². The zero-order valence-corrected chi connectivity index (χ0v) is 13.6. The zero-order valence-electron chi connectivity index (χ0n) is 12.8. The van der Waals surface area contributed by atoms with Crippen LogP contribution in [-0.2, 0) is 18.0 Å². The summed E-state index contributed by atoms with van der Waals surface area (Å²) in [6.45, 7) is 0. The zero-order chi connectivity index (χ0) is 19.8. The minimum Gasteiger partial charge on any atom is -0.478 e. The average Bonchev–Trinajstić information content (AvgIpc) is 2.50. The molecule has 0 bridgehead atoms. The van der Waals surface area contributed by atoms with Crippen LogP contribution in [0.1, 0.15) is 11.3 Å². The van der Waals surface area contributed by atoms with Gasteiger partial charge in [-0.2, -0.15) is 13.2 Å². The van der Waals surface area contributed by atoms with Gasteiger partial charge in [0.15, 0.2) is 0 Å². The summed E-state index contributed by atoms with van der Waals surface area (Å²) >= 11 is 5.76. The molecule has 0 aliphatic carbocycles. The Balaban J connectivity index is 2.79. The Morgan fingerprint density at radius 3 is 2.38 bits per heavy atom. The lowest BCUT2D eigenvalue weighted by Gasteiger charge is -2.14. The van der Waals surface area contributed by atoms with Gasteiger partial charge in [0.2, 0.25) is 0 Å². The number of hydrogen-bond acceptors (Lipinski definition) is 3. The molecular weight excluding hydrogens is 384 g/mol. The molecule has 0 fully saturated rings. The molecule has 1 aromatic heterocycles. The second-order valence-corrected chi connectivity index (χ2v) is 5.45. The maximum absolute atomic E-state index is 14.2. The molecule has 0 aliphatic heterocycles. The van der Waals surface area contributed by atoms with Crippen molar-refractivity contribution in [1.29, 1.82) is 0 Å². The van der Waals surface area contributed by atoms with Gasteiger partial charge in [-0.05, 0) is 23.8 Å². The standard InChI is InChI=1S/C15H9ClF4N2O4/c1-21-11(15(18,19)20)6-12(23)22(14(21)26)10-4-7(2-3-13(24)25)8(16)5-9(10)17/h2-6H,1H3,(H,24,25). The highest BCUT2D eigenvalue weighted by molar-refractivity contribution is 6.32. The summed E-state index contributed by atoms with van der Waals surface area (Å²) in [5.74, 6) is -2.49. The van der Waals surface area contributed by atoms with Gasteiger partial charge in [0.05, 0.1) is 10.7 Å². The highest BCUT2D eigenvalue weighted by Crippen LogP contribution is 2.27. The summed E-state index contributed by atoms with van der Waals surface area (Å²) in [6.07, 6.45) is -3.30. The monoisotopic (exact) mass is 392 g/mol. The fraction of sp³-hybridized carbons (Fsp3) is 0.133. The Kier molecular flexibility index (Phi) is 5.08. The van der Waals surface area contributed by atoms with Crippen LogP contribution in [0.4, 0.5) is 17.6 Å². The summed E-state index contributed by atoms with van der Waals surface area (Å²) in [6, 6.07) is 1.75. The van der Waals surface area contributed by atoms with Crippen molar-refractivity contribution in [2.45, 2.75) is 6.18 Å². The molecule has 0 saturated heterocycles. The highest BCUT2D eigenvalue weighted by atomic mass is 35.5. The lowest BCUT2D eigenvalue weighted by atomic mass is 10.1. The molecular formula is C15H9ClF4N2O4. The number of hydrogen-bond donors (Lipinski definition) is 1. The van der Waals surface area contributed by atoms with Crippen LogP contribution in [0.25, 0.3) is 11.8 Å². The number of halogens is 5. The summed E-state index contributed by atoms with van der Waals surface area (Å²) in [5, 5.41) is 8.40. The van der Waals surface area contributed by atoms with Crippen LogP contribution < -0.4 is 11.2 Å². The molecule has 0 atom stereocenters. The van der Waals surface area contributed by atoms with Crippen molar-refractivity contribution in [3.8, 4) is 5.69 Å². The summed E-state index contributed by atoms with van der Waals surface area (Å²) in [5.41, 5.74) is -5.06. The number of carboxylic acid groups (broad SMARTS) is 1. The van der Waals surface area contributed by atoms with E-state index >= 15 is 0 Å². The Morgan fingerprint density at radius 2 is 1.85 bits per heavy atom. The fourth-order valence-electron chi connectivity index (χ4n) is 2.13. The molecule has 2 aromatic rings. The molecule has 26 heavy (non-hydrogen) atoms. The van der Waals surface area contributed by atoms with E-state index in [0.29, 0.717) is 12.1 Å². The third-order valence-corrected chi connectivity index (χ3v) is 3.65. The molecule has 6 nitrogen and oxygen atoms in total. The van der Waals surface area contributed by atoms with Gasteiger partial charge < -0.3 is 5.11 Å². The van der Waals surface area contributed by atoms with E-state index in [9.17, 15) is 31.9 Å². The number of carboxylic acids is 1. The van der Waals surface area contributed by atoms with Gasteiger partial charge in [0, 0.05) is 19.2 Å². The highest BCUT2D eigenvalue weighted by Gasteiger charge is 2.35. The first kappa shape index (κ1) is 19.4. The maximum Gasteiger partial charge on any atom is 0.431 e. The van der Waals surface area contributed by atoms with E-state index in [1.54, 1.807) is 0 Å². The van der Waals surface area contributed by atoms with Gasteiger partial charge in [0.25, 0.3) is 5.56 Å². The number of benzene rings is 1. The Labute approximate surface area is 147 Å². The van der Waals surface area contributed by atoms with Crippen molar-refractivity contribution in [1.82, 2.24) is 9.13 Å². The lowest BCUT2D eigenvalue weighted by molar-refractivity contribution is -0.144. The van der Waals surface area contributed by atoms with E-state index in [1.807, 2.05) is 0 Å². The minimum atomic E-state index is -4.96. The van der Waals surface area contributed by atoms with Crippen molar-refractivity contribution in [2.75, 3.05) is 0 Å². The van der Waals surface area contributed by atoms with Gasteiger partial charge in [0.1, 0.15) is 11.5 Å². The predicted octanol–water partition coefficient (Wildman–Crippen LogP) is 2.45. The molecule has 0 spiro atoms. The van der Waals surface area contributed by atoms with Crippen molar-refractivity contribution in [2.24, 2.45) is 7.05 Å². The van der Waals surface area contributed by atoms with Gasteiger partial charge in [-0.15, -0.1) is 0 Å². The van der Waals surface area contributed by atoms with Gasteiger partial charge in [-0.3, -0.25) is 9.36 Å². The lowest BCUT2D eigenvalue weighted by Crippen LogP contribution is -2.41. The molecule has 0 unspecified atom stereocenters. The van der Waals surface area contributed by atoms with E-state index in [1.165, 1.54) is 0 Å². The molecule has 0 radical (unpaired) electrons. The molecule has 1 N–H and O–H groups in total. The molecule has 0 amide bonds. The van der Waals surface area contributed by atoms with Gasteiger partial charge >= 0.3 is 17.8 Å². The quantitative estimate of drug-likeness (QED) is 0.642. The van der Waals surface area contributed by atoms with Crippen molar-refractivity contribution in [3.63, 3.8) is 0 Å². The third-order valence-electron chi connectivity index (χ3n) is 3.32. The molecule has 1 aromatic carbocycles. The van der Waals surface area contributed by atoms with Crippen LogP contribution in [0.15, 0.2) is 33.9 Å². The topological polar surface area (TPSA) is 81.3 Å². The molecule has 0 saturated carbocycles. The molecule has 0 aliphatic rings. The van der Waals surface area contributed by atoms with Crippen molar-refractivity contribution < 1.29 is 27.5 Å². The van der Waals surface area contributed by atoms with Crippen LogP contribution >= 0.6 is 11.6 Å². The first-order valence-corrected chi connectivity index (χ1v) is 7.12. The molecule has 1 heterocycles. The Bertz CT molecular complexity index is 1040. The Morgan fingerprint density at radius 1 is 1.23 bits per heavy atom. The number of carbonyl (C=O) groups is 1. The van der Waals surface area contributed by atoms with Gasteiger partial charge in [-0.25, -0.2) is 18.5 Å². The molecule has 11 heteroatoms. The van der Waals surface area contributed by atoms with E-state index in [0.717, 1.165) is 19.2 Å². The number of aliphatic carboxylic acids is 1. The van der Waals surface area contributed by atoms with E-state index < -0.39 is 40.6 Å². The van der Waals surface area contributed by atoms with Crippen LogP contribution in [-0.4, -0.2) is 20.2 Å². The van der Waals surface area contributed by atoms with Crippen molar-refractivity contribution in [3.05, 3.63) is 67.2 Å². The van der Waals surface area contributed by atoms with Crippen LogP contribution in [0.3, 0.4) is 0 Å².